The number of halogens is 3. The van der Waals surface area contributed by atoms with Gasteiger partial charge in [0.05, 0.1) is 17.7 Å². The monoisotopic (exact) mass is 715 g/mol. The summed E-state index contributed by atoms with van der Waals surface area (Å²) >= 11 is 18.9. The second-order valence-corrected chi connectivity index (χ2v) is 14.4. The van der Waals surface area contributed by atoms with E-state index in [-0.39, 0.29) is 35.4 Å². The molecule has 8 nitrogen and oxygen atoms in total. The van der Waals surface area contributed by atoms with Crippen LogP contribution in [0, 0.1) is 5.92 Å². The van der Waals surface area contributed by atoms with E-state index in [1.807, 2.05) is 44.2 Å². The number of nitrogens with one attached hydrogen (secondary N) is 1. The summed E-state index contributed by atoms with van der Waals surface area (Å²) in [7, 11) is -2.81. The van der Waals surface area contributed by atoms with Gasteiger partial charge < -0.3 is 15.0 Å². The van der Waals surface area contributed by atoms with Crippen LogP contribution in [0.15, 0.2) is 102 Å². The summed E-state index contributed by atoms with van der Waals surface area (Å²) in [5, 5.41) is 4.07. The average molecular weight is 717 g/mol. The van der Waals surface area contributed by atoms with Gasteiger partial charge in [-0.25, -0.2) is 8.42 Å². The van der Waals surface area contributed by atoms with Crippen LogP contribution in [-0.2, 0) is 32.6 Å². The molecular formula is C35H36Cl3N3O5S. The number of carbonyl (C=O) groups is 2. The number of nitrogens with zero attached hydrogens (tertiary/aromatic N) is 2. The highest BCUT2D eigenvalue weighted by Crippen LogP contribution is 2.28. The lowest BCUT2D eigenvalue weighted by atomic mass is 10.0. The second kappa shape index (κ2) is 16.4. The molecule has 0 spiro atoms. The first-order valence-electron chi connectivity index (χ1n) is 14.9. The highest BCUT2D eigenvalue weighted by Gasteiger charge is 2.35. The number of carbonyl (C=O) groups excluding carboxylic acids is 2. The number of anilines is 1. The number of rotatable bonds is 14. The molecule has 0 aromatic heterocycles. The van der Waals surface area contributed by atoms with E-state index in [2.05, 4.69) is 5.32 Å². The Kier molecular flexibility index (Phi) is 12.6. The maximum absolute atomic E-state index is 14.6. The van der Waals surface area contributed by atoms with Gasteiger partial charge in [-0.05, 0) is 77.7 Å². The van der Waals surface area contributed by atoms with Gasteiger partial charge in [-0.15, -0.1) is 0 Å². The summed E-state index contributed by atoms with van der Waals surface area (Å²) in [4.78, 5) is 29.8. The van der Waals surface area contributed by atoms with E-state index >= 15 is 0 Å². The molecule has 0 saturated heterocycles. The Balaban J connectivity index is 1.81. The van der Waals surface area contributed by atoms with Gasteiger partial charge in [0.2, 0.25) is 11.8 Å². The molecule has 0 aliphatic heterocycles. The first-order valence-corrected chi connectivity index (χ1v) is 17.4. The molecule has 0 bridgehead atoms. The molecule has 4 aromatic rings. The van der Waals surface area contributed by atoms with Crippen LogP contribution in [0.4, 0.5) is 5.69 Å². The smallest absolute Gasteiger partial charge is 0.264 e. The lowest BCUT2D eigenvalue weighted by Crippen LogP contribution is -2.53. The van der Waals surface area contributed by atoms with Crippen molar-refractivity contribution in [3.8, 4) is 5.75 Å². The number of ether oxygens (including phenoxy) is 1. The highest BCUT2D eigenvalue weighted by molar-refractivity contribution is 7.92. The van der Waals surface area contributed by atoms with Gasteiger partial charge in [-0.2, -0.15) is 0 Å². The quantitative estimate of drug-likeness (QED) is 0.148. The largest absolute Gasteiger partial charge is 0.497 e. The summed E-state index contributed by atoms with van der Waals surface area (Å²) in [6.07, 6.45) is 0.174. The van der Waals surface area contributed by atoms with Crippen molar-refractivity contribution in [1.82, 2.24) is 10.2 Å². The van der Waals surface area contributed by atoms with E-state index in [9.17, 15) is 18.0 Å². The molecule has 0 fully saturated rings. The minimum Gasteiger partial charge on any atom is -0.497 e. The predicted octanol–water partition coefficient (Wildman–Crippen LogP) is 7.26. The molecule has 12 heteroatoms. The number of hydrogen-bond acceptors (Lipinski definition) is 5. The van der Waals surface area contributed by atoms with Gasteiger partial charge >= 0.3 is 0 Å². The van der Waals surface area contributed by atoms with E-state index in [1.165, 1.54) is 48.4 Å². The molecule has 0 aliphatic rings. The Morgan fingerprint density at radius 3 is 2.09 bits per heavy atom. The topological polar surface area (TPSA) is 96.0 Å². The van der Waals surface area contributed by atoms with Crippen LogP contribution in [-0.4, -0.2) is 51.4 Å². The van der Waals surface area contributed by atoms with E-state index in [4.69, 9.17) is 39.5 Å². The van der Waals surface area contributed by atoms with Gasteiger partial charge in [0.25, 0.3) is 10.0 Å². The van der Waals surface area contributed by atoms with Crippen molar-refractivity contribution < 1.29 is 22.7 Å². The number of hydrogen-bond donors (Lipinski definition) is 1. The van der Waals surface area contributed by atoms with E-state index in [1.54, 1.807) is 30.3 Å². The average Bonchev–Trinajstić information content (AvgIpc) is 3.05. The number of methoxy groups -OCH3 is 1. The lowest BCUT2D eigenvalue weighted by molar-refractivity contribution is -0.140. The maximum Gasteiger partial charge on any atom is 0.264 e. The zero-order chi connectivity index (χ0) is 34.1. The molecule has 0 radical (unpaired) electrons. The summed E-state index contributed by atoms with van der Waals surface area (Å²) in [5.41, 5.74) is 1.57. The zero-order valence-electron chi connectivity index (χ0n) is 26.2. The van der Waals surface area contributed by atoms with Crippen molar-refractivity contribution in [2.45, 2.75) is 37.8 Å². The van der Waals surface area contributed by atoms with Crippen molar-refractivity contribution in [2.24, 2.45) is 5.92 Å². The highest BCUT2D eigenvalue weighted by atomic mass is 35.5. The van der Waals surface area contributed by atoms with Crippen LogP contribution in [0.5, 0.6) is 5.75 Å². The van der Waals surface area contributed by atoms with Gasteiger partial charge in [-0.1, -0.05) is 85.0 Å². The molecule has 0 aliphatic carbocycles. The minimum atomic E-state index is -4.29. The summed E-state index contributed by atoms with van der Waals surface area (Å²) < 4.78 is 34.5. The van der Waals surface area contributed by atoms with Gasteiger partial charge in [0.15, 0.2) is 0 Å². The SMILES string of the molecule is COc1ccc(S(=O)(=O)N(CC(=O)N(Cc2ccc(Cl)cc2Cl)C(Cc2ccccc2)C(=O)NCC(C)C)c2ccc(Cl)cc2)cc1. The van der Waals surface area contributed by atoms with Gasteiger partial charge in [0.1, 0.15) is 18.3 Å². The second-order valence-electron chi connectivity index (χ2n) is 11.3. The molecule has 1 unspecified atom stereocenters. The molecule has 47 heavy (non-hydrogen) atoms. The summed E-state index contributed by atoms with van der Waals surface area (Å²) in [6.45, 7) is 3.62. The lowest BCUT2D eigenvalue weighted by Gasteiger charge is -2.34. The molecule has 1 N–H and O–H groups in total. The third kappa shape index (κ3) is 9.64. The standard InChI is InChI=1S/C35H36Cl3N3O5S/c1-24(2)21-39-35(43)33(19-25-7-5-4-6-8-25)40(22-26-9-10-28(37)20-32(26)38)34(42)23-41(29-13-11-27(36)12-14-29)47(44,45)31-17-15-30(46-3)16-18-31/h4-18,20,24,33H,19,21-23H2,1-3H3,(H,39,43). The van der Waals surface area contributed by atoms with Crippen LogP contribution in [0.3, 0.4) is 0 Å². The van der Waals surface area contributed by atoms with Crippen molar-refractivity contribution in [2.75, 3.05) is 24.5 Å². The first-order chi connectivity index (χ1) is 22.4. The number of benzene rings is 4. The molecule has 4 rings (SSSR count). The van der Waals surface area contributed by atoms with Gasteiger partial charge in [-0.3, -0.25) is 13.9 Å². The summed E-state index contributed by atoms with van der Waals surface area (Å²) in [6, 6.07) is 25.2. The molecule has 248 valence electrons. The van der Waals surface area contributed by atoms with E-state index in [0.29, 0.717) is 32.9 Å². The number of amides is 2. The minimum absolute atomic E-state index is 0.0520. The first kappa shape index (κ1) is 36.1. The van der Waals surface area contributed by atoms with Crippen LogP contribution in [0.1, 0.15) is 25.0 Å². The van der Waals surface area contributed by atoms with Crippen LogP contribution in [0.25, 0.3) is 0 Å². The molecule has 0 heterocycles. The van der Waals surface area contributed by atoms with E-state index in [0.717, 1.165) is 9.87 Å². The molecular weight excluding hydrogens is 681 g/mol. The van der Waals surface area contributed by atoms with Crippen molar-refractivity contribution in [3.05, 3.63) is 123 Å². The Morgan fingerprint density at radius 2 is 1.49 bits per heavy atom. The summed E-state index contributed by atoms with van der Waals surface area (Å²) in [5.74, 6) is -0.373. The molecule has 0 saturated carbocycles. The third-order valence-corrected chi connectivity index (χ3v) is 9.98. The van der Waals surface area contributed by atoms with E-state index < -0.39 is 28.5 Å². The Bertz CT molecular complexity index is 1770. The Hall–Kier alpha value is -3.76. The van der Waals surface area contributed by atoms with Crippen LogP contribution >= 0.6 is 34.8 Å². The third-order valence-electron chi connectivity index (χ3n) is 7.35. The normalized spacial score (nSPS) is 12.0. The van der Waals surface area contributed by atoms with Crippen molar-refractivity contribution in [3.63, 3.8) is 0 Å². The number of sulfonamides is 1. The fourth-order valence-corrected chi connectivity index (χ4v) is 6.83. The fraction of sp³-hybridized carbons (Fsp3) is 0.257. The maximum atomic E-state index is 14.6. The predicted molar refractivity (Wildman–Crippen MR) is 188 cm³/mol. The molecule has 4 aromatic carbocycles. The fourth-order valence-electron chi connectivity index (χ4n) is 4.82. The van der Waals surface area contributed by atoms with Crippen molar-refractivity contribution >= 4 is 62.3 Å². The Morgan fingerprint density at radius 1 is 0.851 bits per heavy atom. The van der Waals surface area contributed by atoms with Crippen molar-refractivity contribution in [1.29, 1.82) is 0 Å². The zero-order valence-corrected chi connectivity index (χ0v) is 29.3. The van der Waals surface area contributed by atoms with Gasteiger partial charge in [0, 0.05) is 34.6 Å². The van der Waals surface area contributed by atoms with Crippen LogP contribution < -0.4 is 14.4 Å². The molecule has 1 atom stereocenters. The Labute approximate surface area is 291 Å². The molecule has 2 amide bonds. The van der Waals surface area contributed by atoms with Crippen LogP contribution in [0.2, 0.25) is 15.1 Å².